The molecule has 0 saturated carbocycles. The molecule has 0 radical (unpaired) electrons. The monoisotopic (exact) mass is 412 g/mol. The van der Waals surface area contributed by atoms with E-state index in [1.165, 1.54) is 13.8 Å². The SMILES string of the molecule is CC(C)(NC(=O)OCC1c2ccccc2-c2ccccc21)C(=O)NCC(O)C(=O)O. The number of carbonyl (C=O) groups is 3. The van der Waals surface area contributed by atoms with Gasteiger partial charge in [-0.1, -0.05) is 48.5 Å². The number of benzene rings is 2. The summed E-state index contributed by atoms with van der Waals surface area (Å²) in [6.45, 7) is 2.55. The molecule has 0 bridgehead atoms. The second-order valence-electron chi connectivity index (χ2n) is 7.64. The van der Waals surface area contributed by atoms with E-state index < -0.39 is 36.2 Å². The van der Waals surface area contributed by atoms with Crippen LogP contribution in [-0.4, -0.2) is 53.0 Å². The molecule has 30 heavy (non-hydrogen) atoms. The van der Waals surface area contributed by atoms with Gasteiger partial charge in [0.15, 0.2) is 6.10 Å². The number of hydrogen-bond donors (Lipinski definition) is 4. The Morgan fingerprint density at radius 2 is 1.57 bits per heavy atom. The maximum atomic E-state index is 12.3. The van der Waals surface area contributed by atoms with Gasteiger partial charge in [0, 0.05) is 5.92 Å². The predicted molar refractivity (Wildman–Crippen MR) is 109 cm³/mol. The van der Waals surface area contributed by atoms with Gasteiger partial charge >= 0.3 is 12.1 Å². The van der Waals surface area contributed by atoms with Crippen LogP contribution in [0.15, 0.2) is 48.5 Å². The summed E-state index contributed by atoms with van der Waals surface area (Å²) in [5.41, 5.74) is 3.01. The Hall–Kier alpha value is -3.39. The Kier molecular flexibility index (Phi) is 6.07. The fraction of sp³-hybridized carbons (Fsp3) is 0.318. The minimum absolute atomic E-state index is 0.106. The van der Waals surface area contributed by atoms with Crippen LogP contribution in [0.25, 0.3) is 11.1 Å². The quantitative estimate of drug-likeness (QED) is 0.550. The number of aliphatic hydroxyl groups excluding tert-OH is 1. The summed E-state index contributed by atoms with van der Waals surface area (Å²) >= 11 is 0. The third kappa shape index (κ3) is 4.44. The molecule has 2 amide bonds. The van der Waals surface area contributed by atoms with Gasteiger partial charge in [-0.25, -0.2) is 9.59 Å². The number of amides is 2. The topological polar surface area (TPSA) is 125 Å². The second kappa shape index (κ2) is 8.54. The molecule has 1 aliphatic rings. The Balaban J connectivity index is 1.61. The number of fused-ring (bicyclic) bond motifs is 3. The number of ether oxygens (including phenoxy) is 1. The van der Waals surface area contributed by atoms with Gasteiger partial charge in [-0.3, -0.25) is 4.79 Å². The highest BCUT2D eigenvalue weighted by Crippen LogP contribution is 2.44. The van der Waals surface area contributed by atoms with Crippen LogP contribution in [0.4, 0.5) is 4.79 Å². The van der Waals surface area contributed by atoms with Crippen molar-refractivity contribution >= 4 is 18.0 Å². The molecule has 3 rings (SSSR count). The molecular weight excluding hydrogens is 388 g/mol. The van der Waals surface area contributed by atoms with Crippen molar-refractivity contribution in [3.05, 3.63) is 59.7 Å². The standard InChI is InChI=1S/C22H24N2O6/c1-22(2,20(28)23-11-18(25)19(26)27)24-21(29)30-12-17-15-9-5-3-7-13(15)14-8-4-6-10-16(14)17/h3-10,17-18,25H,11-12H2,1-2H3,(H,23,28)(H,24,29)(H,26,27). The molecule has 0 fully saturated rings. The Labute approximate surface area is 173 Å². The van der Waals surface area contributed by atoms with E-state index in [9.17, 15) is 19.5 Å². The van der Waals surface area contributed by atoms with Crippen molar-refractivity contribution in [3.8, 4) is 11.1 Å². The summed E-state index contributed by atoms with van der Waals surface area (Å²) in [4.78, 5) is 35.2. The summed E-state index contributed by atoms with van der Waals surface area (Å²) in [6.07, 6.45) is -2.49. The van der Waals surface area contributed by atoms with E-state index in [1.807, 2.05) is 48.5 Å². The van der Waals surface area contributed by atoms with E-state index in [0.717, 1.165) is 22.3 Å². The average Bonchev–Trinajstić information content (AvgIpc) is 3.03. The highest BCUT2D eigenvalue weighted by Gasteiger charge is 2.33. The first-order valence-electron chi connectivity index (χ1n) is 9.53. The fourth-order valence-electron chi connectivity index (χ4n) is 3.44. The van der Waals surface area contributed by atoms with Crippen molar-refractivity contribution in [1.82, 2.24) is 10.6 Å². The average molecular weight is 412 g/mol. The molecule has 1 unspecified atom stereocenters. The first-order chi connectivity index (χ1) is 14.2. The van der Waals surface area contributed by atoms with E-state index in [1.54, 1.807) is 0 Å². The molecular formula is C22H24N2O6. The minimum atomic E-state index is -1.72. The Bertz CT molecular complexity index is 926. The van der Waals surface area contributed by atoms with Crippen molar-refractivity contribution in [2.45, 2.75) is 31.4 Å². The number of carboxylic acids is 1. The number of alkyl carbamates (subject to hydrolysis) is 1. The zero-order valence-corrected chi connectivity index (χ0v) is 16.7. The first kappa shape index (κ1) is 21.3. The van der Waals surface area contributed by atoms with Crippen LogP contribution in [-0.2, 0) is 14.3 Å². The summed E-state index contributed by atoms with van der Waals surface area (Å²) in [5.74, 6) is -2.19. The lowest BCUT2D eigenvalue weighted by atomic mass is 9.98. The fourth-order valence-corrected chi connectivity index (χ4v) is 3.44. The number of rotatable bonds is 7. The van der Waals surface area contributed by atoms with Crippen LogP contribution in [0.3, 0.4) is 0 Å². The van der Waals surface area contributed by atoms with Crippen molar-refractivity contribution in [1.29, 1.82) is 0 Å². The normalized spacial score (nSPS) is 13.7. The van der Waals surface area contributed by atoms with Crippen LogP contribution < -0.4 is 10.6 Å². The van der Waals surface area contributed by atoms with Gasteiger partial charge in [-0.15, -0.1) is 0 Å². The third-order valence-electron chi connectivity index (χ3n) is 5.07. The predicted octanol–water partition coefficient (Wildman–Crippen LogP) is 1.87. The van der Waals surface area contributed by atoms with Crippen molar-refractivity contribution in [2.24, 2.45) is 0 Å². The Morgan fingerprint density at radius 1 is 1.03 bits per heavy atom. The molecule has 2 aromatic carbocycles. The van der Waals surface area contributed by atoms with Gasteiger partial charge in [0.05, 0.1) is 6.54 Å². The molecule has 1 aliphatic carbocycles. The van der Waals surface area contributed by atoms with Crippen LogP contribution in [0.5, 0.6) is 0 Å². The summed E-state index contributed by atoms with van der Waals surface area (Å²) in [6, 6.07) is 15.9. The van der Waals surface area contributed by atoms with Gasteiger partial charge in [-0.05, 0) is 36.1 Å². The van der Waals surface area contributed by atoms with Crippen molar-refractivity contribution in [3.63, 3.8) is 0 Å². The van der Waals surface area contributed by atoms with Crippen LogP contribution in [0, 0.1) is 0 Å². The molecule has 0 aliphatic heterocycles. The van der Waals surface area contributed by atoms with Gasteiger partial charge in [-0.2, -0.15) is 0 Å². The van der Waals surface area contributed by atoms with Crippen molar-refractivity contribution < 1.29 is 29.3 Å². The summed E-state index contributed by atoms with van der Waals surface area (Å²) in [7, 11) is 0. The minimum Gasteiger partial charge on any atom is -0.479 e. The molecule has 8 nitrogen and oxygen atoms in total. The van der Waals surface area contributed by atoms with Gasteiger partial charge in [0.25, 0.3) is 0 Å². The number of aliphatic carboxylic acids is 1. The highest BCUT2D eigenvalue weighted by atomic mass is 16.5. The summed E-state index contributed by atoms with van der Waals surface area (Å²) in [5, 5.41) is 22.7. The number of nitrogens with one attached hydrogen (secondary N) is 2. The lowest BCUT2D eigenvalue weighted by molar-refractivity contribution is -0.146. The third-order valence-corrected chi connectivity index (χ3v) is 5.07. The molecule has 2 aromatic rings. The molecule has 0 aromatic heterocycles. The largest absolute Gasteiger partial charge is 0.479 e. The number of hydrogen-bond acceptors (Lipinski definition) is 5. The van der Waals surface area contributed by atoms with Crippen LogP contribution in [0.1, 0.15) is 30.9 Å². The lowest BCUT2D eigenvalue weighted by Gasteiger charge is -2.25. The molecule has 1 atom stereocenters. The summed E-state index contributed by atoms with van der Waals surface area (Å²) < 4.78 is 5.42. The maximum absolute atomic E-state index is 12.3. The molecule has 0 spiro atoms. The molecule has 8 heteroatoms. The number of carboxylic acid groups (broad SMARTS) is 1. The lowest BCUT2D eigenvalue weighted by Crippen LogP contribution is -2.56. The highest BCUT2D eigenvalue weighted by molar-refractivity contribution is 5.89. The smallest absolute Gasteiger partial charge is 0.408 e. The molecule has 158 valence electrons. The molecule has 0 saturated heterocycles. The molecule has 0 heterocycles. The maximum Gasteiger partial charge on any atom is 0.408 e. The van der Waals surface area contributed by atoms with Crippen LogP contribution in [0.2, 0.25) is 0 Å². The second-order valence-corrected chi connectivity index (χ2v) is 7.64. The Morgan fingerprint density at radius 3 is 2.10 bits per heavy atom. The van der Waals surface area contributed by atoms with Gasteiger partial charge < -0.3 is 25.6 Å². The van der Waals surface area contributed by atoms with Gasteiger partial charge in [0.1, 0.15) is 12.1 Å². The number of carbonyl (C=O) groups excluding carboxylic acids is 2. The van der Waals surface area contributed by atoms with Crippen LogP contribution >= 0.6 is 0 Å². The first-order valence-corrected chi connectivity index (χ1v) is 9.53. The van der Waals surface area contributed by atoms with E-state index in [0.29, 0.717) is 0 Å². The van der Waals surface area contributed by atoms with E-state index in [-0.39, 0.29) is 12.5 Å². The zero-order valence-electron chi connectivity index (χ0n) is 16.7. The van der Waals surface area contributed by atoms with E-state index in [2.05, 4.69) is 10.6 Å². The molecule has 4 N–H and O–H groups in total. The van der Waals surface area contributed by atoms with Gasteiger partial charge in [0.2, 0.25) is 5.91 Å². The van der Waals surface area contributed by atoms with E-state index >= 15 is 0 Å². The van der Waals surface area contributed by atoms with E-state index in [4.69, 9.17) is 9.84 Å². The van der Waals surface area contributed by atoms with Crippen molar-refractivity contribution in [2.75, 3.05) is 13.2 Å². The number of aliphatic hydroxyl groups is 1. The zero-order chi connectivity index (χ0) is 21.9.